The smallest absolute Gasteiger partial charge is 0.260 e. The molecule has 1 aromatic carbocycles. The van der Waals surface area contributed by atoms with Crippen LogP contribution in [0.3, 0.4) is 0 Å². The third kappa shape index (κ3) is 5.15. The highest BCUT2D eigenvalue weighted by molar-refractivity contribution is 5.95. The van der Waals surface area contributed by atoms with Crippen molar-refractivity contribution in [2.24, 2.45) is 7.05 Å². The molecular weight excluding hydrogens is 322 g/mol. The molecular formula is C18H23N3O4. The van der Waals surface area contributed by atoms with Crippen molar-refractivity contribution < 1.29 is 19.4 Å². The van der Waals surface area contributed by atoms with E-state index in [0.29, 0.717) is 24.3 Å². The minimum Gasteiger partial charge on any atom is -0.484 e. The number of Topliss-reactive ketones (excluding diaryl/α,β-unsaturated/α-hetero) is 1. The van der Waals surface area contributed by atoms with Crippen molar-refractivity contribution in [3.63, 3.8) is 0 Å². The van der Waals surface area contributed by atoms with Gasteiger partial charge in [-0.3, -0.25) is 9.59 Å². The van der Waals surface area contributed by atoms with Crippen LogP contribution in [-0.4, -0.2) is 51.0 Å². The Morgan fingerprint density at radius 3 is 2.56 bits per heavy atom. The molecule has 1 heterocycles. The van der Waals surface area contributed by atoms with Gasteiger partial charge in [-0.25, -0.2) is 4.98 Å². The Bertz CT molecular complexity index is 709. The Morgan fingerprint density at radius 1 is 1.28 bits per heavy atom. The van der Waals surface area contributed by atoms with Crippen molar-refractivity contribution in [1.29, 1.82) is 0 Å². The molecule has 0 saturated carbocycles. The number of ether oxygens (including phenoxy) is 1. The third-order valence-electron chi connectivity index (χ3n) is 3.84. The number of rotatable bonds is 9. The van der Waals surface area contributed by atoms with Gasteiger partial charge in [0.25, 0.3) is 5.91 Å². The Labute approximate surface area is 146 Å². The molecule has 0 aliphatic heterocycles. The summed E-state index contributed by atoms with van der Waals surface area (Å²) in [5, 5.41) is 9.18. The van der Waals surface area contributed by atoms with E-state index in [-0.39, 0.29) is 31.4 Å². The quantitative estimate of drug-likeness (QED) is 0.695. The minimum absolute atomic E-state index is 0.0619. The lowest BCUT2D eigenvalue weighted by atomic mass is 10.1. The van der Waals surface area contributed by atoms with Gasteiger partial charge in [0, 0.05) is 38.0 Å². The SMILES string of the molecule is CCC(=O)c1ccc(OCC(=O)N(CCO)Cc2nccn2C)cc1. The number of aromatic nitrogens is 2. The second-order valence-electron chi connectivity index (χ2n) is 5.58. The minimum atomic E-state index is -0.245. The fourth-order valence-electron chi connectivity index (χ4n) is 2.31. The topological polar surface area (TPSA) is 84.7 Å². The number of hydrogen-bond acceptors (Lipinski definition) is 5. The van der Waals surface area contributed by atoms with Crippen LogP contribution in [0.5, 0.6) is 5.75 Å². The summed E-state index contributed by atoms with van der Waals surface area (Å²) in [7, 11) is 1.85. The highest BCUT2D eigenvalue weighted by Gasteiger charge is 2.16. The fourth-order valence-corrected chi connectivity index (χ4v) is 2.31. The highest BCUT2D eigenvalue weighted by Crippen LogP contribution is 2.14. The van der Waals surface area contributed by atoms with Gasteiger partial charge in [0.15, 0.2) is 12.4 Å². The van der Waals surface area contributed by atoms with E-state index in [1.54, 1.807) is 36.7 Å². The predicted octanol–water partition coefficient (Wildman–Crippen LogP) is 1.41. The summed E-state index contributed by atoms with van der Waals surface area (Å²) < 4.78 is 7.32. The standard InChI is InChI=1S/C18H23N3O4/c1-3-16(23)14-4-6-15(7-5-14)25-13-18(24)21(10-11-22)12-17-19-8-9-20(17)2/h4-9,22H,3,10-13H2,1-2H3. The van der Waals surface area contributed by atoms with E-state index in [0.717, 1.165) is 5.82 Å². The van der Waals surface area contributed by atoms with Crippen LogP contribution in [0.25, 0.3) is 0 Å². The number of ketones is 1. The van der Waals surface area contributed by atoms with Crippen LogP contribution < -0.4 is 4.74 Å². The van der Waals surface area contributed by atoms with Crippen molar-refractivity contribution >= 4 is 11.7 Å². The van der Waals surface area contributed by atoms with Crippen LogP contribution in [-0.2, 0) is 18.4 Å². The Hall–Kier alpha value is -2.67. The predicted molar refractivity (Wildman–Crippen MR) is 92.3 cm³/mol. The van der Waals surface area contributed by atoms with E-state index >= 15 is 0 Å². The lowest BCUT2D eigenvalue weighted by Gasteiger charge is -2.21. The van der Waals surface area contributed by atoms with Crippen LogP contribution in [0.2, 0.25) is 0 Å². The number of aliphatic hydroxyl groups is 1. The first-order valence-corrected chi connectivity index (χ1v) is 8.16. The van der Waals surface area contributed by atoms with E-state index in [1.165, 1.54) is 4.90 Å². The third-order valence-corrected chi connectivity index (χ3v) is 3.84. The second kappa shape index (κ2) is 8.98. The molecule has 0 atom stereocenters. The summed E-state index contributed by atoms with van der Waals surface area (Å²) in [5.74, 6) is 1.06. The molecule has 0 unspecified atom stereocenters. The molecule has 7 nitrogen and oxygen atoms in total. The van der Waals surface area contributed by atoms with Gasteiger partial charge in [-0.1, -0.05) is 6.92 Å². The molecule has 0 fully saturated rings. The number of carbonyl (C=O) groups excluding carboxylic acids is 2. The summed E-state index contributed by atoms with van der Waals surface area (Å²) >= 11 is 0. The van der Waals surface area contributed by atoms with Crippen LogP contribution in [0, 0.1) is 0 Å². The maximum absolute atomic E-state index is 12.4. The zero-order chi connectivity index (χ0) is 18.2. The van der Waals surface area contributed by atoms with E-state index in [9.17, 15) is 14.7 Å². The summed E-state index contributed by atoms with van der Waals surface area (Å²) in [5.41, 5.74) is 0.623. The van der Waals surface area contributed by atoms with Gasteiger partial charge in [-0.2, -0.15) is 0 Å². The largest absolute Gasteiger partial charge is 0.484 e. The maximum atomic E-state index is 12.4. The van der Waals surface area contributed by atoms with Crippen LogP contribution in [0.4, 0.5) is 0 Å². The number of aryl methyl sites for hydroxylation is 1. The lowest BCUT2D eigenvalue weighted by molar-refractivity contribution is -0.134. The van der Waals surface area contributed by atoms with Crippen molar-refractivity contribution in [3.8, 4) is 5.75 Å². The molecule has 7 heteroatoms. The highest BCUT2D eigenvalue weighted by atomic mass is 16.5. The van der Waals surface area contributed by atoms with Gasteiger partial charge in [-0.05, 0) is 24.3 Å². The first-order valence-electron chi connectivity index (χ1n) is 8.16. The molecule has 134 valence electrons. The van der Waals surface area contributed by atoms with Gasteiger partial charge < -0.3 is 19.3 Å². The average Bonchev–Trinajstić information content (AvgIpc) is 3.03. The van der Waals surface area contributed by atoms with Crippen LogP contribution in [0.15, 0.2) is 36.7 Å². The van der Waals surface area contributed by atoms with Crippen molar-refractivity contribution in [2.45, 2.75) is 19.9 Å². The van der Waals surface area contributed by atoms with Crippen LogP contribution >= 0.6 is 0 Å². The zero-order valence-corrected chi connectivity index (χ0v) is 14.5. The van der Waals surface area contributed by atoms with E-state index in [1.807, 2.05) is 18.5 Å². The number of imidazole rings is 1. The zero-order valence-electron chi connectivity index (χ0n) is 14.5. The summed E-state index contributed by atoms with van der Waals surface area (Å²) in [4.78, 5) is 29.6. The molecule has 25 heavy (non-hydrogen) atoms. The van der Waals surface area contributed by atoms with E-state index in [4.69, 9.17) is 4.74 Å². The average molecular weight is 345 g/mol. The fraction of sp³-hybridized carbons (Fsp3) is 0.389. The van der Waals surface area contributed by atoms with Gasteiger partial charge in [-0.15, -0.1) is 0 Å². The molecule has 2 rings (SSSR count). The number of amides is 1. The molecule has 0 aliphatic carbocycles. The number of nitrogens with zero attached hydrogens (tertiary/aromatic N) is 3. The van der Waals surface area contributed by atoms with Crippen molar-refractivity contribution in [2.75, 3.05) is 19.8 Å². The summed E-state index contributed by atoms with van der Waals surface area (Å²) in [6.07, 6.45) is 3.90. The molecule has 1 amide bonds. The molecule has 0 spiro atoms. The number of carbonyl (C=O) groups is 2. The molecule has 2 aromatic rings. The number of benzene rings is 1. The van der Waals surface area contributed by atoms with Crippen molar-refractivity contribution in [3.05, 3.63) is 48.0 Å². The lowest BCUT2D eigenvalue weighted by Crippen LogP contribution is -2.37. The van der Waals surface area contributed by atoms with Gasteiger partial charge in [0.1, 0.15) is 11.6 Å². The summed E-state index contributed by atoms with van der Waals surface area (Å²) in [6, 6.07) is 6.71. The normalized spacial score (nSPS) is 10.5. The number of hydrogen-bond donors (Lipinski definition) is 1. The molecule has 1 N–H and O–H groups in total. The Morgan fingerprint density at radius 2 is 2.00 bits per heavy atom. The number of aliphatic hydroxyl groups excluding tert-OH is 1. The monoisotopic (exact) mass is 345 g/mol. The second-order valence-corrected chi connectivity index (χ2v) is 5.58. The first kappa shape index (κ1) is 18.7. The maximum Gasteiger partial charge on any atom is 0.260 e. The molecule has 0 saturated heterocycles. The van der Waals surface area contributed by atoms with Crippen molar-refractivity contribution in [1.82, 2.24) is 14.5 Å². The molecule has 1 aromatic heterocycles. The van der Waals surface area contributed by atoms with Gasteiger partial charge >= 0.3 is 0 Å². The molecule has 0 bridgehead atoms. The molecule has 0 radical (unpaired) electrons. The Balaban J connectivity index is 1.94. The van der Waals surface area contributed by atoms with Gasteiger partial charge in [0.2, 0.25) is 0 Å². The van der Waals surface area contributed by atoms with Gasteiger partial charge in [0.05, 0.1) is 13.2 Å². The van der Waals surface area contributed by atoms with E-state index in [2.05, 4.69) is 4.98 Å². The van der Waals surface area contributed by atoms with E-state index < -0.39 is 0 Å². The summed E-state index contributed by atoms with van der Waals surface area (Å²) in [6.45, 7) is 2.04. The first-order chi connectivity index (χ1) is 12.0. The Kier molecular flexibility index (Phi) is 6.71. The molecule has 0 aliphatic rings. The van der Waals surface area contributed by atoms with Crippen LogP contribution in [0.1, 0.15) is 29.5 Å².